The van der Waals surface area contributed by atoms with E-state index in [2.05, 4.69) is 13.0 Å². The van der Waals surface area contributed by atoms with Gasteiger partial charge in [0.1, 0.15) is 6.61 Å². The van der Waals surface area contributed by atoms with Crippen LogP contribution in [0.25, 0.3) is 0 Å². The maximum Gasteiger partial charge on any atom is 0.302 e. The van der Waals surface area contributed by atoms with E-state index in [1.165, 1.54) is 6.92 Å². The largest absolute Gasteiger partial charge is 0.461 e. The minimum Gasteiger partial charge on any atom is -0.461 e. The van der Waals surface area contributed by atoms with Crippen molar-refractivity contribution < 1.29 is 24.5 Å². The van der Waals surface area contributed by atoms with Crippen molar-refractivity contribution in [2.45, 2.75) is 91.0 Å². The highest BCUT2D eigenvalue weighted by Crippen LogP contribution is 2.35. The summed E-state index contributed by atoms with van der Waals surface area (Å²) in [7, 11) is 0. The number of carbonyl (C=O) groups is 1. The van der Waals surface area contributed by atoms with Crippen molar-refractivity contribution in [1.82, 2.24) is 0 Å². The Balaban J connectivity index is 2.48. The zero-order valence-corrected chi connectivity index (χ0v) is 17.7. The van der Waals surface area contributed by atoms with Gasteiger partial charge in [0.2, 0.25) is 0 Å². The van der Waals surface area contributed by atoms with Gasteiger partial charge in [-0.2, -0.15) is 0 Å². The van der Waals surface area contributed by atoms with Crippen molar-refractivity contribution in [2.75, 3.05) is 13.2 Å². The summed E-state index contributed by atoms with van der Waals surface area (Å²) in [6.45, 7) is 9.92. The van der Waals surface area contributed by atoms with Crippen LogP contribution in [0.1, 0.15) is 73.1 Å². The van der Waals surface area contributed by atoms with Gasteiger partial charge >= 0.3 is 5.97 Å². The van der Waals surface area contributed by atoms with E-state index < -0.39 is 11.7 Å². The van der Waals surface area contributed by atoms with Crippen LogP contribution in [0.4, 0.5) is 0 Å². The highest BCUT2D eigenvalue weighted by atomic mass is 16.5. The van der Waals surface area contributed by atoms with E-state index in [0.717, 1.165) is 43.3 Å². The first-order valence-electron chi connectivity index (χ1n) is 10.1. The van der Waals surface area contributed by atoms with Gasteiger partial charge in [-0.1, -0.05) is 24.6 Å². The highest BCUT2D eigenvalue weighted by molar-refractivity contribution is 5.66. The van der Waals surface area contributed by atoms with Crippen LogP contribution < -0.4 is 0 Å². The van der Waals surface area contributed by atoms with E-state index in [0.29, 0.717) is 18.9 Å². The molecule has 0 saturated carbocycles. The van der Waals surface area contributed by atoms with E-state index in [9.17, 15) is 9.90 Å². The third kappa shape index (κ3) is 9.04. The van der Waals surface area contributed by atoms with Gasteiger partial charge in [0.15, 0.2) is 0 Å². The van der Waals surface area contributed by atoms with Crippen molar-refractivity contribution in [3.63, 3.8) is 0 Å². The molecule has 1 heterocycles. The lowest BCUT2D eigenvalue weighted by Gasteiger charge is -2.24. The van der Waals surface area contributed by atoms with Crippen LogP contribution in [-0.2, 0) is 14.3 Å². The Bertz CT molecular complexity index is 521. The number of esters is 1. The lowest BCUT2D eigenvalue weighted by atomic mass is 9.92. The molecule has 5 heteroatoms. The van der Waals surface area contributed by atoms with Crippen molar-refractivity contribution in [1.29, 1.82) is 0 Å². The second-order valence-electron chi connectivity index (χ2n) is 8.30. The molecule has 0 unspecified atom stereocenters. The molecular formula is C22H38O5. The molecule has 1 aliphatic rings. The summed E-state index contributed by atoms with van der Waals surface area (Å²) in [6, 6.07) is 0. The number of hydrogen-bond donors (Lipinski definition) is 2. The monoisotopic (exact) mass is 382 g/mol. The first kappa shape index (κ1) is 23.9. The predicted octanol–water partition coefficient (Wildman–Crippen LogP) is 3.93. The second kappa shape index (κ2) is 11.6. The van der Waals surface area contributed by atoms with Crippen LogP contribution in [0.3, 0.4) is 0 Å². The molecule has 0 aliphatic carbocycles. The van der Waals surface area contributed by atoms with Crippen LogP contribution in [0, 0.1) is 5.92 Å². The van der Waals surface area contributed by atoms with Crippen molar-refractivity contribution in [3.05, 3.63) is 23.3 Å². The summed E-state index contributed by atoms with van der Waals surface area (Å²) in [6.07, 6.45) is 9.02. The summed E-state index contributed by atoms with van der Waals surface area (Å²) in [5.74, 6) is 0.118. The molecule has 0 aromatic heterocycles. The maximum absolute atomic E-state index is 11.1. The molecule has 0 bridgehead atoms. The van der Waals surface area contributed by atoms with Crippen molar-refractivity contribution in [2.24, 2.45) is 5.92 Å². The Labute approximate surface area is 164 Å². The van der Waals surface area contributed by atoms with Crippen molar-refractivity contribution >= 4 is 5.97 Å². The van der Waals surface area contributed by atoms with Crippen LogP contribution in [0.15, 0.2) is 23.3 Å². The fraction of sp³-hybridized carbons (Fsp3) is 0.773. The summed E-state index contributed by atoms with van der Waals surface area (Å²) < 4.78 is 11.2. The Morgan fingerprint density at radius 1 is 1.30 bits per heavy atom. The van der Waals surface area contributed by atoms with E-state index in [4.69, 9.17) is 14.6 Å². The number of rotatable bonds is 11. The predicted molar refractivity (Wildman–Crippen MR) is 107 cm³/mol. The zero-order chi connectivity index (χ0) is 20.4. The van der Waals surface area contributed by atoms with Crippen LogP contribution in [0.5, 0.6) is 0 Å². The van der Waals surface area contributed by atoms with Gasteiger partial charge in [-0.15, -0.1) is 0 Å². The third-order valence-corrected chi connectivity index (χ3v) is 5.38. The van der Waals surface area contributed by atoms with Gasteiger partial charge in [-0.25, -0.2) is 0 Å². The van der Waals surface area contributed by atoms with Gasteiger partial charge in [0, 0.05) is 13.3 Å². The number of aliphatic hydroxyl groups is 2. The molecule has 0 aromatic carbocycles. The van der Waals surface area contributed by atoms with Gasteiger partial charge in [-0.05, 0) is 64.4 Å². The lowest BCUT2D eigenvalue weighted by molar-refractivity contribution is -0.140. The summed E-state index contributed by atoms with van der Waals surface area (Å²) >= 11 is 0. The minimum atomic E-state index is -0.459. The van der Waals surface area contributed by atoms with Crippen LogP contribution in [-0.4, -0.2) is 47.2 Å². The van der Waals surface area contributed by atoms with Gasteiger partial charge in [0.25, 0.3) is 0 Å². The molecular weight excluding hydrogens is 344 g/mol. The number of carbonyl (C=O) groups excluding carboxylic acids is 1. The standard InChI is InChI=1S/C22H38O5/c1-16(12-13-23)8-6-10-19(15-26-18(3)24)11-7-9-17(2)20-14-21(25)22(4,5)27-20/h10,12,17,20-21,23,25H,6-9,11,13-15H2,1-5H3/b16-12+,19-10-/t17-,20+,21-/m1/s1. The Kier molecular flexibility index (Phi) is 10.3. The average molecular weight is 383 g/mol. The molecule has 0 amide bonds. The van der Waals surface area contributed by atoms with Crippen molar-refractivity contribution in [3.8, 4) is 0 Å². The van der Waals surface area contributed by atoms with E-state index in [-0.39, 0.29) is 18.7 Å². The molecule has 1 saturated heterocycles. The second-order valence-corrected chi connectivity index (χ2v) is 8.30. The van der Waals surface area contributed by atoms with Crippen LogP contribution in [0.2, 0.25) is 0 Å². The lowest BCUT2D eigenvalue weighted by Crippen LogP contribution is -2.32. The van der Waals surface area contributed by atoms with Gasteiger partial charge < -0.3 is 19.7 Å². The molecule has 1 aliphatic heterocycles. The summed E-state index contributed by atoms with van der Waals surface area (Å²) in [5, 5.41) is 19.0. The van der Waals surface area contributed by atoms with Gasteiger partial charge in [-0.3, -0.25) is 4.79 Å². The van der Waals surface area contributed by atoms with E-state index >= 15 is 0 Å². The molecule has 156 valence electrons. The number of allylic oxidation sites excluding steroid dienone is 2. The van der Waals surface area contributed by atoms with E-state index in [1.54, 1.807) is 0 Å². The molecule has 0 radical (unpaired) electrons. The normalized spacial score (nSPS) is 24.1. The molecule has 2 N–H and O–H groups in total. The zero-order valence-electron chi connectivity index (χ0n) is 17.7. The third-order valence-electron chi connectivity index (χ3n) is 5.38. The molecule has 5 nitrogen and oxygen atoms in total. The maximum atomic E-state index is 11.1. The molecule has 0 aromatic rings. The quantitative estimate of drug-likeness (QED) is 0.418. The topological polar surface area (TPSA) is 76.0 Å². The molecule has 27 heavy (non-hydrogen) atoms. The van der Waals surface area contributed by atoms with Crippen LogP contribution >= 0.6 is 0 Å². The Morgan fingerprint density at radius 2 is 2.00 bits per heavy atom. The smallest absolute Gasteiger partial charge is 0.302 e. The van der Waals surface area contributed by atoms with Gasteiger partial charge in [0.05, 0.1) is 24.4 Å². The molecule has 1 fully saturated rings. The molecule has 1 rings (SSSR count). The number of ether oxygens (including phenoxy) is 2. The minimum absolute atomic E-state index is 0.0719. The summed E-state index contributed by atoms with van der Waals surface area (Å²) in [4.78, 5) is 11.1. The van der Waals surface area contributed by atoms with E-state index in [1.807, 2.05) is 26.8 Å². The first-order chi connectivity index (χ1) is 12.7. The molecule has 0 spiro atoms. The number of aliphatic hydroxyl groups excluding tert-OH is 2. The SMILES string of the molecule is CC(=O)OC/C(=C\CC/C(C)=C/CO)CCC[C@@H](C)[C@@H]1C[C@@H](O)C(C)(C)O1. The Morgan fingerprint density at radius 3 is 2.56 bits per heavy atom. The Hall–Kier alpha value is -1.17. The number of hydrogen-bond acceptors (Lipinski definition) is 5. The molecule has 3 atom stereocenters. The fourth-order valence-corrected chi connectivity index (χ4v) is 3.40. The average Bonchev–Trinajstić information content (AvgIpc) is 2.85. The fourth-order valence-electron chi connectivity index (χ4n) is 3.40. The highest BCUT2D eigenvalue weighted by Gasteiger charge is 2.42. The first-order valence-corrected chi connectivity index (χ1v) is 10.1. The summed E-state index contributed by atoms with van der Waals surface area (Å²) in [5.41, 5.74) is 1.84.